The van der Waals surface area contributed by atoms with E-state index in [2.05, 4.69) is 0 Å². The first-order chi connectivity index (χ1) is 8.52. The lowest BCUT2D eigenvalue weighted by Gasteiger charge is -2.09. The fraction of sp³-hybridized carbons (Fsp3) is 0.0714. The van der Waals surface area contributed by atoms with Crippen molar-refractivity contribution in [2.45, 2.75) is 6.92 Å². The van der Waals surface area contributed by atoms with Crippen LogP contribution in [0.5, 0.6) is 0 Å². The Bertz CT molecular complexity index is 660. The summed E-state index contributed by atoms with van der Waals surface area (Å²) in [6.45, 7) is 1.75. The van der Waals surface area contributed by atoms with E-state index in [4.69, 9.17) is 16.9 Å². The maximum absolute atomic E-state index is 13.7. The number of hydrogen-bond acceptors (Lipinski definition) is 1. The van der Waals surface area contributed by atoms with Crippen molar-refractivity contribution in [3.8, 4) is 17.2 Å². The minimum Gasteiger partial charge on any atom is -0.207 e. The molecule has 0 saturated heterocycles. The van der Waals surface area contributed by atoms with E-state index in [-0.39, 0.29) is 10.6 Å². The molecule has 0 amide bonds. The van der Waals surface area contributed by atoms with Gasteiger partial charge in [0, 0.05) is 11.6 Å². The second-order valence-corrected chi connectivity index (χ2v) is 4.29. The van der Waals surface area contributed by atoms with Crippen LogP contribution in [-0.2, 0) is 0 Å². The van der Waals surface area contributed by atoms with Gasteiger partial charge in [0.25, 0.3) is 0 Å². The Hall–Kier alpha value is -1.92. The molecule has 90 valence electrons. The van der Waals surface area contributed by atoms with Gasteiger partial charge < -0.3 is 0 Å². The molecule has 1 nitrogen and oxygen atoms in total. The van der Waals surface area contributed by atoms with Gasteiger partial charge >= 0.3 is 0 Å². The molecule has 0 heterocycles. The molecule has 0 unspecified atom stereocenters. The highest BCUT2D eigenvalue weighted by atomic mass is 35.5. The van der Waals surface area contributed by atoms with Crippen LogP contribution in [0, 0.1) is 29.9 Å². The van der Waals surface area contributed by atoms with Crippen LogP contribution >= 0.6 is 11.6 Å². The van der Waals surface area contributed by atoms with Crippen LogP contribution in [0.25, 0.3) is 11.1 Å². The number of halogens is 3. The third kappa shape index (κ3) is 2.20. The standard InChI is InChI=1S/C14H8ClF2N/c1-8-4-9(7-18)13(15)6-12(8)11-3-2-10(16)5-14(11)17/h2-6H,1H3. The van der Waals surface area contributed by atoms with Gasteiger partial charge in [-0.05, 0) is 42.3 Å². The third-order valence-electron chi connectivity index (χ3n) is 2.66. The first-order valence-corrected chi connectivity index (χ1v) is 5.56. The predicted molar refractivity (Wildman–Crippen MR) is 66.3 cm³/mol. The summed E-state index contributed by atoms with van der Waals surface area (Å²) >= 11 is 5.92. The van der Waals surface area contributed by atoms with Gasteiger partial charge in [-0.1, -0.05) is 11.6 Å². The first kappa shape index (κ1) is 12.5. The van der Waals surface area contributed by atoms with Gasteiger partial charge in [-0.25, -0.2) is 8.78 Å². The Labute approximate surface area is 108 Å². The van der Waals surface area contributed by atoms with Crippen LogP contribution in [0.4, 0.5) is 8.78 Å². The summed E-state index contributed by atoms with van der Waals surface area (Å²) in [6, 6.07) is 8.42. The van der Waals surface area contributed by atoms with Crippen molar-refractivity contribution >= 4 is 11.6 Å². The van der Waals surface area contributed by atoms with E-state index in [9.17, 15) is 8.78 Å². The van der Waals surface area contributed by atoms with Gasteiger partial charge in [-0.3, -0.25) is 0 Å². The zero-order chi connectivity index (χ0) is 13.3. The first-order valence-electron chi connectivity index (χ1n) is 5.18. The molecule has 0 bridgehead atoms. The number of benzene rings is 2. The van der Waals surface area contributed by atoms with Gasteiger partial charge in [0.15, 0.2) is 0 Å². The molecule has 0 aromatic heterocycles. The summed E-state index contributed by atoms with van der Waals surface area (Å²) < 4.78 is 26.5. The molecule has 0 radical (unpaired) electrons. The van der Waals surface area contributed by atoms with Crippen LogP contribution in [0.1, 0.15) is 11.1 Å². The van der Waals surface area contributed by atoms with E-state index < -0.39 is 11.6 Å². The SMILES string of the molecule is Cc1cc(C#N)c(Cl)cc1-c1ccc(F)cc1F. The Morgan fingerprint density at radius 2 is 1.83 bits per heavy atom. The van der Waals surface area contributed by atoms with Crippen LogP contribution in [0.3, 0.4) is 0 Å². The van der Waals surface area contributed by atoms with Crippen molar-refractivity contribution in [3.05, 3.63) is 58.1 Å². The van der Waals surface area contributed by atoms with Crippen LogP contribution in [0.2, 0.25) is 5.02 Å². The summed E-state index contributed by atoms with van der Waals surface area (Å²) in [5.41, 5.74) is 1.86. The van der Waals surface area contributed by atoms with Crippen molar-refractivity contribution in [2.75, 3.05) is 0 Å². The van der Waals surface area contributed by atoms with Crippen LogP contribution in [-0.4, -0.2) is 0 Å². The zero-order valence-corrected chi connectivity index (χ0v) is 10.2. The van der Waals surface area contributed by atoms with Gasteiger partial charge in [-0.15, -0.1) is 0 Å². The van der Waals surface area contributed by atoms with Crippen molar-refractivity contribution in [1.29, 1.82) is 5.26 Å². The highest BCUT2D eigenvalue weighted by molar-refractivity contribution is 6.32. The molecule has 0 spiro atoms. The largest absolute Gasteiger partial charge is 0.207 e. The molecule has 0 fully saturated rings. The lowest BCUT2D eigenvalue weighted by molar-refractivity contribution is 0.585. The Morgan fingerprint density at radius 1 is 1.11 bits per heavy atom. The van der Waals surface area contributed by atoms with E-state index in [0.29, 0.717) is 16.7 Å². The minimum atomic E-state index is -0.654. The maximum atomic E-state index is 13.7. The normalized spacial score (nSPS) is 10.2. The second-order valence-electron chi connectivity index (χ2n) is 3.88. The molecule has 0 aliphatic carbocycles. The zero-order valence-electron chi connectivity index (χ0n) is 9.47. The predicted octanol–water partition coefficient (Wildman–Crippen LogP) is 4.47. The summed E-state index contributed by atoms with van der Waals surface area (Å²) in [5.74, 6) is -1.28. The number of hydrogen-bond donors (Lipinski definition) is 0. The van der Waals surface area contributed by atoms with E-state index >= 15 is 0 Å². The van der Waals surface area contributed by atoms with Crippen LogP contribution in [0.15, 0.2) is 30.3 Å². The quantitative estimate of drug-likeness (QED) is 0.745. The molecule has 2 aromatic carbocycles. The van der Waals surface area contributed by atoms with Crippen LogP contribution < -0.4 is 0 Å². The van der Waals surface area contributed by atoms with E-state index in [1.54, 1.807) is 13.0 Å². The van der Waals surface area contributed by atoms with Gasteiger partial charge in [0.1, 0.15) is 17.7 Å². The molecule has 0 aliphatic heterocycles. The molecular weight excluding hydrogens is 256 g/mol. The van der Waals surface area contributed by atoms with Gasteiger partial charge in [0.05, 0.1) is 10.6 Å². The molecular formula is C14H8ClF2N. The average molecular weight is 264 g/mol. The number of nitriles is 1. The Balaban J connectivity index is 2.65. The molecule has 0 atom stereocenters. The van der Waals surface area contributed by atoms with E-state index in [1.165, 1.54) is 18.2 Å². The molecule has 0 N–H and O–H groups in total. The van der Waals surface area contributed by atoms with Crippen molar-refractivity contribution in [3.63, 3.8) is 0 Å². The average Bonchev–Trinajstić information content (AvgIpc) is 2.32. The smallest absolute Gasteiger partial charge is 0.133 e. The van der Waals surface area contributed by atoms with E-state index in [1.807, 2.05) is 6.07 Å². The highest BCUT2D eigenvalue weighted by Gasteiger charge is 2.11. The third-order valence-corrected chi connectivity index (χ3v) is 2.97. The molecule has 4 heteroatoms. The van der Waals surface area contributed by atoms with Gasteiger partial charge in [0.2, 0.25) is 0 Å². The number of nitrogens with zero attached hydrogens (tertiary/aromatic N) is 1. The summed E-state index contributed by atoms with van der Waals surface area (Å²) in [5, 5.41) is 9.09. The summed E-state index contributed by atoms with van der Waals surface area (Å²) in [6.07, 6.45) is 0. The Kier molecular flexibility index (Phi) is 3.31. The highest BCUT2D eigenvalue weighted by Crippen LogP contribution is 2.31. The second kappa shape index (κ2) is 4.75. The van der Waals surface area contributed by atoms with Crippen molar-refractivity contribution in [1.82, 2.24) is 0 Å². The summed E-state index contributed by atoms with van der Waals surface area (Å²) in [7, 11) is 0. The molecule has 2 aromatic rings. The van der Waals surface area contributed by atoms with Crippen molar-refractivity contribution in [2.24, 2.45) is 0 Å². The lowest BCUT2D eigenvalue weighted by atomic mass is 9.98. The van der Waals surface area contributed by atoms with Gasteiger partial charge in [-0.2, -0.15) is 5.26 Å². The summed E-state index contributed by atoms with van der Waals surface area (Å²) in [4.78, 5) is 0. The number of aryl methyl sites for hydroxylation is 1. The molecule has 18 heavy (non-hydrogen) atoms. The molecule has 0 saturated carbocycles. The fourth-order valence-electron chi connectivity index (χ4n) is 1.77. The maximum Gasteiger partial charge on any atom is 0.133 e. The minimum absolute atomic E-state index is 0.252. The fourth-order valence-corrected chi connectivity index (χ4v) is 1.97. The lowest BCUT2D eigenvalue weighted by Crippen LogP contribution is -1.91. The molecule has 0 aliphatic rings. The van der Waals surface area contributed by atoms with E-state index in [0.717, 1.165) is 6.07 Å². The Morgan fingerprint density at radius 3 is 2.44 bits per heavy atom. The molecule has 2 rings (SSSR count). The number of rotatable bonds is 1. The van der Waals surface area contributed by atoms with Crippen molar-refractivity contribution < 1.29 is 8.78 Å². The topological polar surface area (TPSA) is 23.8 Å². The monoisotopic (exact) mass is 263 g/mol.